The molecule has 0 fully saturated rings. The van der Waals surface area contributed by atoms with Gasteiger partial charge >= 0.3 is 0 Å². The van der Waals surface area contributed by atoms with Crippen molar-refractivity contribution in [2.24, 2.45) is 0 Å². The maximum Gasteiger partial charge on any atom is 0.172 e. The molecular weight excluding hydrogens is 230 g/mol. The van der Waals surface area contributed by atoms with Crippen LogP contribution >= 0.6 is 15.9 Å². The van der Waals surface area contributed by atoms with Crippen LogP contribution in [0.3, 0.4) is 0 Å². The molecule has 0 spiro atoms. The van der Waals surface area contributed by atoms with Gasteiger partial charge in [-0.05, 0) is 40.0 Å². The normalized spacial score (nSPS) is 10.3. The molecule has 0 aliphatic rings. The molecule has 12 heavy (non-hydrogen) atoms. The van der Waals surface area contributed by atoms with Crippen molar-refractivity contribution in [2.75, 3.05) is 6.61 Å². The maximum absolute atomic E-state index is 12.7. The van der Waals surface area contributed by atoms with E-state index < -0.39 is 11.6 Å². The van der Waals surface area contributed by atoms with Gasteiger partial charge in [-0.25, -0.2) is 8.78 Å². The number of benzene rings is 1. The summed E-state index contributed by atoms with van der Waals surface area (Å²) in [5.41, 5.74) is 0.572. The number of rotatable bonds is 2. The van der Waals surface area contributed by atoms with Crippen molar-refractivity contribution in [1.29, 1.82) is 0 Å². The predicted molar refractivity (Wildman–Crippen MR) is 44.8 cm³/mol. The van der Waals surface area contributed by atoms with E-state index in [1.54, 1.807) is 0 Å². The summed E-state index contributed by atoms with van der Waals surface area (Å²) in [7, 11) is 0. The quantitative estimate of drug-likeness (QED) is 0.782. The van der Waals surface area contributed by atoms with E-state index in [1.807, 2.05) is 0 Å². The molecule has 1 nitrogen and oxygen atoms in total. The molecule has 66 valence electrons. The zero-order valence-electron chi connectivity index (χ0n) is 6.15. The van der Waals surface area contributed by atoms with Crippen LogP contribution in [0.4, 0.5) is 8.78 Å². The highest BCUT2D eigenvalue weighted by atomic mass is 79.9. The number of aliphatic hydroxyl groups excluding tert-OH is 1. The Labute approximate surface area is 77.2 Å². The van der Waals surface area contributed by atoms with Crippen molar-refractivity contribution in [3.8, 4) is 0 Å². The summed E-state index contributed by atoms with van der Waals surface area (Å²) < 4.78 is 25.4. The molecule has 0 aromatic heterocycles. The number of hydrogen-bond donors (Lipinski definition) is 1. The average Bonchev–Trinajstić information content (AvgIpc) is 2.01. The van der Waals surface area contributed by atoms with Gasteiger partial charge in [0.05, 0.1) is 4.47 Å². The third-order valence-electron chi connectivity index (χ3n) is 1.44. The molecular formula is C8H7BrF2O. The maximum atomic E-state index is 12.7. The first-order valence-electron chi connectivity index (χ1n) is 3.39. The molecule has 1 aromatic carbocycles. The van der Waals surface area contributed by atoms with Crippen molar-refractivity contribution >= 4 is 15.9 Å². The summed E-state index contributed by atoms with van der Waals surface area (Å²) in [6.45, 7) is -0.0719. The van der Waals surface area contributed by atoms with Crippen LogP contribution in [0.5, 0.6) is 0 Å². The first-order chi connectivity index (χ1) is 5.65. The predicted octanol–water partition coefficient (Wildman–Crippen LogP) is 2.26. The molecule has 0 aliphatic carbocycles. The lowest BCUT2D eigenvalue weighted by molar-refractivity contribution is 0.299. The van der Waals surface area contributed by atoms with Gasteiger partial charge in [0.25, 0.3) is 0 Å². The summed E-state index contributed by atoms with van der Waals surface area (Å²) in [5, 5.41) is 8.54. The lowest BCUT2D eigenvalue weighted by atomic mass is 10.1. The molecule has 4 heteroatoms. The minimum absolute atomic E-state index is 0.0719. The van der Waals surface area contributed by atoms with Crippen LogP contribution in [0.25, 0.3) is 0 Å². The summed E-state index contributed by atoms with van der Waals surface area (Å²) in [4.78, 5) is 0. The fourth-order valence-corrected chi connectivity index (χ4v) is 1.36. The first kappa shape index (κ1) is 9.61. The van der Waals surface area contributed by atoms with Crippen LogP contribution in [0.1, 0.15) is 5.56 Å². The molecule has 0 heterocycles. The number of hydrogen-bond acceptors (Lipinski definition) is 1. The molecule has 1 rings (SSSR count). The fourth-order valence-electron chi connectivity index (χ4n) is 0.881. The van der Waals surface area contributed by atoms with E-state index in [0.717, 1.165) is 6.07 Å². The Kier molecular flexibility index (Phi) is 3.17. The Morgan fingerprint density at radius 2 is 2.00 bits per heavy atom. The van der Waals surface area contributed by atoms with Crippen molar-refractivity contribution in [1.82, 2.24) is 0 Å². The summed E-state index contributed by atoms with van der Waals surface area (Å²) in [6.07, 6.45) is 0.329. The topological polar surface area (TPSA) is 20.2 Å². The number of aliphatic hydroxyl groups is 1. The number of halogens is 3. The highest BCUT2D eigenvalue weighted by Crippen LogP contribution is 2.20. The Morgan fingerprint density at radius 1 is 1.33 bits per heavy atom. The van der Waals surface area contributed by atoms with Gasteiger partial charge in [0.2, 0.25) is 0 Å². The third kappa shape index (κ3) is 2.01. The molecule has 1 N–H and O–H groups in total. The Balaban J connectivity index is 3.04. The van der Waals surface area contributed by atoms with Gasteiger partial charge < -0.3 is 5.11 Å². The van der Waals surface area contributed by atoms with Crippen LogP contribution < -0.4 is 0 Å². The smallest absolute Gasteiger partial charge is 0.172 e. The van der Waals surface area contributed by atoms with E-state index in [1.165, 1.54) is 6.07 Å². The standard InChI is InChI=1S/C8H7BrF2O/c9-6-3-5(1-2-12)4-7(10)8(6)11/h3-4,12H,1-2H2. The fraction of sp³-hybridized carbons (Fsp3) is 0.250. The molecule has 0 saturated heterocycles. The van der Waals surface area contributed by atoms with Crippen molar-refractivity contribution < 1.29 is 13.9 Å². The minimum Gasteiger partial charge on any atom is -0.396 e. The van der Waals surface area contributed by atoms with Gasteiger partial charge in [0, 0.05) is 6.61 Å². The van der Waals surface area contributed by atoms with E-state index in [2.05, 4.69) is 15.9 Å². The summed E-state index contributed by atoms with van der Waals surface area (Å²) in [5.74, 6) is -1.79. The molecule has 0 aliphatic heterocycles. The van der Waals surface area contributed by atoms with Gasteiger partial charge in [-0.2, -0.15) is 0 Å². The summed E-state index contributed by atoms with van der Waals surface area (Å²) in [6, 6.07) is 2.53. The first-order valence-corrected chi connectivity index (χ1v) is 4.18. The van der Waals surface area contributed by atoms with Gasteiger partial charge in [0.15, 0.2) is 11.6 Å². The molecule has 0 bridgehead atoms. The second-order valence-electron chi connectivity index (χ2n) is 2.35. The van der Waals surface area contributed by atoms with Crippen LogP contribution in [-0.2, 0) is 6.42 Å². The molecule has 0 saturated carbocycles. The van der Waals surface area contributed by atoms with E-state index >= 15 is 0 Å². The van der Waals surface area contributed by atoms with Gasteiger partial charge in [-0.15, -0.1) is 0 Å². The second kappa shape index (κ2) is 3.96. The molecule has 0 radical (unpaired) electrons. The van der Waals surface area contributed by atoms with Crippen molar-refractivity contribution in [3.63, 3.8) is 0 Å². The van der Waals surface area contributed by atoms with Crippen molar-refractivity contribution in [3.05, 3.63) is 33.8 Å². The SMILES string of the molecule is OCCc1cc(F)c(F)c(Br)c1. The zero-order chi connectivity index (χ0) is 9.14. The largest absolute Gasteiger partial charge is 0.396 e. The van der Waals surface area contributed by atoms with Crippen LogP contribution in [0, 0.1) is 11.6 Å². The Morgan fingerprint density at radius 3 is 2.50 bits per heavy atom. The van der Waals surface area contributed by atoms with Gasteiger partial charge in [-0.3, -0.25) is 0 Å². The monoisotopic (exact) mass is 236 g/mol. The van der Waals surface area contributed by atoms with E-state index in [9.17, 15) is 8.78 Å². The second-order valence-corrected chi connectivity index (χ2v) is 3.20. The lowest BCUT2D eigenvalue weighted by Crippen LogP contribution is -1.94. The third-order valence-corrected chi connectivity index (χ3v) is 2.02. The molecule has 1 aromatic rings. The van der Waals surface area contributed by atoms with E-state index in [0.29, 0.717) is 12.0 Å². The summed E-state index contributed by atoms with van der Waals surface area (Å²) >= 11 is 2.87. The molecule has 0 amide bonds. The van der Waals surface area contributed by atoms with Crippen LogP contribution in [-0.4, -0.2) is 11.7 Å². The van der Waals surface area contributed by atoms with Crippen LogP contribution in [0.15, 0.2) is 16.6 Å². The highest BCUT2D eigenvalue weighted by molar-refractivity contribution is 9.10. The Bertz CT molecular complexity index is 265. The zero-order valence-corrected chi connectivity index (χ0v) is 7.74. The molecule has 0 atom stereocenters. The van der Waals surface area contributed by atoms with Gasteiger partial charge in [-0.1, -0.05) is 0 Å². The Hall–Kier alpha value is -0.480. The highest BCUT2D eigenvalue weighted by Gasteiger charge is 2.07. The van der Waals surface area contributed by atoms with Gasteiger partial charge in [0.1, 0.15) is 0 Å². The van der Waals surface area contributed by atoms with Crippen molar-refractivity contribution in [2.45, 2.75) is 6.42 Å². The van der Waals surface area contributed by atoms with Crippen LogP contribution in [0.2, 0.25) is 0 Å². The molecule has 0 unspecified atom stereocenters. The lowest BCUT2D eigenvalue weighted by Gasteiger charge is -2.01. The van der Waals surface area contributed by atoms with E-state index in [4.69, 9.17) is 5.11 Å². The van der Waals surface area contributed by atoms with E-state index in [-0.39, 0.29) is 11.1 Å². The minimum atomic E-state index is -0.896. The average molecular weight is 237 g/mol.